The van der Waals surface area contributed by atoms with Crippen molar-refractivity contribution in [3.05, 3.63) is 35.4 Å². The van der Waals surface area contributed by atoms with Gasteiger partial charge in [0.15, 0.2) is 11.6 Å². The Labute approximate surface area is 109 Å². The fourth-order valence-electron chi connectivity index (χ4n) is 1.65. The van der Waals surface area contributed by atoms with Gasteiger partial charge < -0.3 is 10.4 Å². The fraction of sp³-hybridized carbons (Fsp3) is 0.385. The highest BCUT2D eigenvalue weighted by Crippen LogP contribution is 2.12. The minimum absolute atomic E-state index is 0.0989. The molecule has 1 atom stereocenters. The number of carbonyl (C=O) groups excluding carboxylic acids is 1. The number of halogens is 2. The standard InChI is InChI=1S/C13H15F2NO3/c1-2-4-10(13(18)19)16-11(17)7-8-5-3-6-9(14)12(8)15/h3,5-6,10H,2,4,7H2,1H3,(H,16,17)(H,18,19)/t10-/m1/s1. The van der Waals surface area contributed by atoms with E-state index in [0.717, 1.165) is 6.07 Å². The molecular formula is C13H15F2NO3. The molecule has 4 nitrogen and oxygen atoms in total. The van der Waals surface area contributed by atoms with Crippen LogP contribution in [0.1, 0.15) is 25.3 Å². The summed E-state index contributed by atoms with van der Waals surface area (Å²) in [6, 6.07) is 2.53. The summed E-state index contributed by atoms with van der Waals surface area (Å²) in [6.45, 7) is 1.79. The Morgan fingerprint density at radius 1 is 1.37 bits per heavy atom. The van der Waals surface area contributed by atoms with Crippen molar-refractivity contribution in [2.24, 2.45) is 0 Å². The molecule has 0 aromatic heterocycles. The summed E-state index contributed by atoms with van der Waals surface area (Å²) in [5, 5.41) is 11.2. The molecule has 0 saturated heterocycles. The smallest absolute Gasteiger partial charge is 0.326 e. The van der Waals surface area contributed by atoms with Gasteiger partial charge in [0.25, 0.3) is 0 Å². The van der Waals surface area contributed by atoms with Crippen molar-refractivity contribution in [3.63, 3.8) is 0 Å². The summed E-state index contributed by atoms with van der Waals surface area (Å²) < 4.78 is 26.3. The zero-order valence-electron chi connectivity index (χ0n) is 10.5. The van der Waals surface area contributed by atoms with E-state index in [2.05, 4.69) is 5.32 Å². The Morgan fingerprint density at radius 3 is 2.63 bits per heavy atom. The molecule has 6 heteroatoms. The second-order valence-electron chi connectivity index (χ2n) is 4.14. The van der Waals surface area contributed by atoms with Gasteiger partial charge in [0.1, 0.15) is 6.04 Å². The number of amides is 1. The van der Waals surface area contributed by atoms with Crippen molar-refractivity contribution in [1.29, 1.82) is 0 Å². The number of aliphatic carboxylic acids is 1. The highest BCUT2D eigenvalue weighted by Gasteiger charge is 2.20. The van der Waals surface area contributed by atoms with E-state index < -0.39 is 36.0 Å². The summed E-state index contributed by atoms with van der Waals surface area (Å²) in [4.78, 5) is 22.5. The first kappa shape index (κ1) is 15.1. The third-order valence-corrected chi connectivity index (χ3v) is 2.59. The van der Waals surface area contributed by atoms with Crippen LogP contribution in [-0.2, 0) is 16.0 Å². The monoisotopic (exact) mass is 271 g/mol. The second kappa shape index (κ2) is 6.82. The third kappa shape index (κ3) is 4.31. The van der Waals surface area contributed by atoms with E-state index >= 15 is 0 Å². The Morgan fingerprint density at radius 2 is 2.05 bits per heavy atom. The summed E-state index contributed by atoms with van der Waals surface area (Å²) in [5.74, 6) is -3.91. The Kier molecular flexibility index (Phi) is 5.41. The van der Waals surface area contributed by atoms with E-state index in [1.165, 1.54) is 12.1 Å². The molecule has 0 bridgehead atoms. The molecule has 0 aliphatic heterocycles. The zero-order chi connectivity index (χ0) is 14.4. The van der Waals surface area contributed by atoms with Crippen molar-refractivity contribution in [2.75, 3.05) is 0 Å². The number of carbonyl (C=O) groups is 2. The highest BCUT2D eigenvalue weighted by molar-refractivity contribution is 5.84. The maximum atomic E-state index is 13.3. The van der Waals surface area contributed by atoms with E-state index in [4.69, 9.17) is 5.11 Å². The maximum absolute atomic E-state index is 13.3. The molecule has 0 spiro atoms. The second-order valence-corrected chi connectivity index (χ2v) is 4.14. The normalized spacial score (nSPS) is 11.9. The molecule has 0 unspecified atom stereocenters. The lowest BCUT2D eigenvalue weighted by Crippen LogP contribution is -2.41. The topological polar surface area (TPSA) is 66.4 Å². The molecular weight excluding hydrogens is 256 g/mol. The van der Waals surface area contributed by atoms with Crippen LogP contribution in [0.15, 0.2) is 18.2 Å². The lowest BCUT2D eigenvalue weighted by atomic mass is 10.1. The first-order valence-corrected chi connectivity index (χ1v) is 5.90. The molecule has 2 N–H and O–H groups in total. The average Bonchev–Trinajstić information content (AvgIpc) is 2.34. The van der Waals surface area contributed by atoms with Gasteiger partial charge in [0.2, 0.25) is 5.91 Å². The molecule has 1 aromatic rings. The van der Waals surface area contributed by atoms with E-state index in [1.54, 1.807) is 6.92 Å². The van der Waals surface area contributed by atoms with Gasteiger partial charge in [-0.15, -0.1) is 0 Å². The van der Waals surface area contributed by atoms with Crippen molar-refractivity contribution in [3.8, 4) is 0 Å². The number of rotatable bonds is 6. The number of benzene rings is 1. The maximum Gasteiger partial charge on any atom is 0.326 e. The summed E-state index contributed by atoms with van der Waals surface area (Å²) >= 11 is 0. The summed E-state index contributed by atoms with van der Waals surface area (Å²) in [7, 11) is 0. The van der Waals surface area contributed by atoms with Gasteiger partial charge >= 0.3 is 5.97 Å². The first-order valence-electron chi connectivity index (χ1n) is 5.90. The molecule has 1 amide bonds. The minimum atomic E-state index is -1.14. The Hall–Kier alpha value is -1.98. The number of carboxylic acids is 1. The third-order valence-electron chi connectivity index (χ3n) is 2.59. The van der Waals surface area contributed by atoms with Gasteiger partial charge in [0, 0.05) is 5.56 Å². The number of hydrogen-bond acceptors (Lipinski definition) is 2. The molecule has 0 heterocycles. The van der Waals surface area contributed by atoms with Crippen LogP contribution in [0.4, 0.5) is 8.78 Å². The van der Waals surface area contributed by atoms with E-state index in [1.807, 2.05) is 0 Å². The van der Waals surface area contributed by atoms with Crippen molar-refractivity contribution in [2.45, 2.75) is 32.2 Å². The number of nitrogens with one attached hydrogen (secondary N) is 1. The fourth-order valence-corrected chi connectivity index (χ4v) is 1.65. The lowest BCUT2D eigenvalue weighted by molar-refractivity contribution is -0.141. The summed E-state index contributed by atoms with van der Waals surface area (Å²) in [5.41, 5.74) is -0.0989. The SMILES string of the molecule is CCC[C@@H](NC(=O)Cc1cccc(F)c1F)C(=O)O. The van der Waals surface area contributed by atoms with Crippen molar-refractivity contribution >= 4 is 11.9 Å². The molecule has 1 aromatic carbocycles. The molecule has 19 heavy (non-hydrogen) atoms. The van der Waals surface area contributed by atoms with E-state index in [9.17, 15) is 18.4 Å². The lowest BCUT2D eigenvalue weighted by Gasteiger charge is -2.13. The van der Waals surface area contributed by atoms with Crippen LogP contribution >= 0.6 is 0 Å². The van der Waals surface area contributed by atoms with Crippen LogP contribution in [0.25, 0.3) is 0 Å². The van der Waals surface area contributed by atoms with Gasteiger partial charge in [0.05, 0.1) is 6.42 Å². The molecule has 0 aliphatic rings. The zero-order valence-corrected chi connectivity index (χ0v) is 10.5. The van der Waals surface area contributed by atoms with Gasteiger partial charge in [-0.2, -0.15) is 0 Å². The van der Waals surface area contributed by atoms with Gasteiger partial charge in [-0.3, -0.25) is 4.79 Å². The van der Waals surface area contributed by atoms with Crippen LogP contribution < -0.4 is 5.32 Å². The van der Waals surface area contributed by atoms with Crippen LogP contribution in [0.2, 0.25) is 0 Å². The predicted octanol–water partition coefficient (Wildman–Crippen LogP) is 1.88. The van der Waals surface area contributed by atoms with Crippen LogP contribution in [0.5, 0.6) is 0 Å². The molecule has 1 rings (SSSR count). The summed E-state index contributed by atoms with van der Waals surface area (Å²) in [6.07, 6.45) is 0.482. The van der Waals surface area contributed by atoms with E-state index in [0.29, 0.717) is 6.42 Å². The first-order chi connectivity index (χ1) is 8.95. The number of carboxylic acid groups (broad SMARTS) is 1. The van der Waals surface area contributed by atoms with Crippen LogP contribution in [0.3, 0.4) is 0 Å². The van der Waals surface area contributed by atoms with Gasteiger partial charge in [-0.1, -0.05) is 25.5 Å². The van der Waals surface area contributed by atoms with Gasteiger partial charge in [-0.05, 0) is 12.5 Å². The highest BCUT2D eigenvalue weighted by atomic mass is 19.2. The number of hydrogen-bond donors (Lipinski definition) is 2. The van der Waals surface area contributed by atoms with Crippen LogP contribution in [-0.4, -0.2) is 23.0 Å². The molecule has 0 fully saturated rings. The molecule has 0 aliphatic carbocycles. The van der Waals surface area contributed by atoms with Crippen molar-refractivity contribution < 1.29 is 23.5 Å². The van der Waals surface area contributed by atoms with Crippen LogP contribution in [0, 0.1) is 11.6 Å². The molecule has 0 saturated carbocycles. The minimum Gasteiger partial charge on any atom is -0.480 e. The van der Waals surface area contributed by atoms with Crippen molar-refractivity contribution in [1.82, 2.24) is 5.32 Å². The quantitative estimate of drug-likeness (QED) is 0.830. The predicted molar refractivity (Wildman–Crippen MR) is 64.5 cm³/mol. The Bertz CT molecular complexity index is 477. The molecule has 104 valence electrons. The largest absolute Gasteiger partial charge is 0.480 e. The van der Waals surface area contributed by atoms with E-state index in [-0.39, 0.29) is 12.0 Å². The van der Waals surface area contributed by atoms with Gasteiger partial charge in [-0.25, -0.2) is 13.6 Å². The molecule has 0 radical (unpaired) electrons. The Balaban J connectivity index is 2.69. The average molecular weight is 271 g/mol.